The molecule has 0 heterocycles. The molecule has 0 saturated carbocycles. The van der Waals surface area contributed by atoms with Crippen molar-refractivity contribution in [3.05, 3.63) is 58.4 Å². The molecule has 0 radical (unpaired) electrons. The summed E-state index contributed by atoms with van der Waals surface area (Å²) >= 11 is 5.59. The van der Waals surface area contributed by atoms with Crippen molar-refractivity contribution >= 4 is 35.4 Å². The minimum Gasteiger partial charge on any atom is -0.398 e. The summed E-state index contributed by atoms with van der Waals surface area (Å²) in [5, 5.41) is 7.28. The highest BCUT2D eigenvalue weighted by molar-refractivity contribution is 6.30. The molecule has 96 valence electrons. The number of hydrogen-bond donors (Lipinski definition) is 2. The molecule has 2 aromatic rings. The molecule has 0 aliphatic carbocycles. The predicted octanol–water partition coefficient (Wildman–Crippen LogP) is 3.81. The van der Waals surface area contributed by atoms with Gasteiger partial charge in [0.2, 0.25) is 0 Å². The van der Waals surface area contributed by atoms with Crippen LogP contribution in [0.3, 0.4) is 0 Å². The van der Waals surface area contributed by atoms with Crippen molar-refractivity contribution in [1.29, 1.82) is 5.41 Å². The number of nitrogens with one attached hydrogen (secondary N) is 1. The summed E-state index contributed by atoms with van der Waals surface area (Å²) in [6, 6.07) is 9.54. The molecule has 0 atom stereocenters. The first kappa shape index (κ1) is 13.2. The van der Waals surface area contributed by atoms with Gasteiger partial charge in [-0.1, -0.05) is 17.7 Å². The van der Waals surface area contributed by atoms with E-state index in [-0.39, 0.29) is 5.02 Å². The zero-order valence-corrected chi connectivity index (χ0v) is 10.7. The highest BCUT2D eigenvalue weighted by atomic mass is 35.5. The summed E-state index contributed by atoms with van der Waals surface area (Å²) < 4.78 is 13.2. The summed E-state index contributed by atoms with van der Waals surface area (Å²) in [5.41, 5.74) is 8.08. The van der Waals surface area contributed by atoms with Crippen molar-refractivity contribution in [1.82, 2.24) is 0 Å². The monoisotopic (exact) mass is 275 g/mol. The zero-order valence-electron chi connectivity index (χ0n) is 9.90. The first-order valence-corrected chi connectivity index (χ1v) is 5.87. The van der Waals surface area contributed by atoms with Crippen molar-refractivity contribution in [2.24, 2.45) is 4.99 Å². The van der Waals surface area contributed by atoms with E-state index in [2.05, 4.69) is 4.99 Å². The number of aliphatic imine (C=N–C) groups is 1. The van der Waals surface area contributed by atoms with Gasteiger partial charge in [0, 0.05) is 29.7 Å². The number of nitrogens with two attached hydrogens (primary N) is 1. The Balaban J connectivity index is 2.27. The molecule has 0 aliphatic rings. The Morgan fingerprint density at radius 1 is 1.21 bits per heavy atom. The molecule has 0 bridgehead atoms. The van der Waals surface area contributed by atoms with Crippen LogP contribution in [0.25, 0.3) is 0 Å². The molecule has 3 nitrogen and oxygen atoms in total. The molecule has 2 rings (SSSR count). The van der Waals surface area contributed by atoms with E-state index in [1.807, 2.05) is 0 Å². The molecule has 0 spiro atoms. The van der Waals surface area contributed by atoms with Crippen molar-refractivity contribution in [3.63, 3.8) is 0 Å². The van der Waals surface area contributed by atoms with E-state index in [1.54, 1.807) is 30.5 Å². The standard InChI is InChI=1S/C14H11ClFN3/c15-12-3-2-11(6-13(12)16)19-8-9-1-4-14(18)10(5-9)7-17/h1-8,17H,18H2/b17-7?,19-8+. The lowest BCUT2D eigenvalue weighted by Gasteiger charge is -2.01. The maximum Gasteiger partial charge on any atom is 0.143 e. The van der Waals surface area contributed by atoms with Gasteiger partial charge in [-0.25, -0.2) is 4.39 Å². The van der Waals surface area contributed by atoms with Gasteiger partial charge >= 0.3 is 0 Å². The van der Waals surface area contributed by atoms with Gasteiger partial charge in [-0.2, -0.15) is 0 Å². The maximum absolute atomic E-state index is 13.2. The average molecular weight is 276 g/mol. The summed E-state index contributed by atoms with van der Waals surface area (Å²) in [6.45, 7) is 0. The van der Waals surface area contributed by atoms with E-state index in [0.717, 1.165) is 5.56 Å². The van der Waals surface area contributed by atoms with Crippen LogP contribution in [0.5, 0.6) is 0 Å². The largest absolute Gasteiger partial charge is 0.398 e. The number of rotatable bonds is 3. The minimum atomic E-state index is -0.506. The van der Waals surface area contributed by atoms with Crippen LogP contribution >= 0.6 is 11.6 Å². The smallest absolute Gasteiger partial charge is 0.143 e. The quantitative estimate of drug-likeness (QED) is 0.649. The van der Waals surface area contributed by atoms with E-state index in [0.29, 0.717) is 16.9 Å². The third-order valence-corrected chi connectivity index (χ3v) is 2.84. The molecule has 0 amide bonds. The topological polar surface area (TPSA) is 62.2 Å². The Bertz CT molecular complexity index is 653. The molecule has 19 heavy (non-hydrogen) atoms. The lowest BCUT2D eigenvalue weighted by atomic mass is 10.1. The molecule has 2 aromatic carbocycles. The van der Waals surface area contributed by atoms with Crippen LogP contribution in [0, 0.1) is 11.2 Å². The van der Waals surface area contributed by atoms with Crippen LogP contribution in [0.1, 0.15) is 11.1 Å². The van der Waals surface area contributed by atoms with Crippen molar-refractivity contribution in [3.8, 4) is 0 Å². The summed E-state index contributed by atoms with van der Waals surface area (Å²) in [6.07, 6.45) is 2.75. The van der Waals surface area contributed by atoms with Gasteiger partial charge in [-0.3, -0.25) is 4.99 Å². The number of benzene rings is 2. The fourth-order valence-electron chi connectivity index (χ4n) is 1.51. The maximum atomic E-state index is 13.2. The predicted molar refractivity (Wildman–Crippen MR) is 77.4 cm³/mol. The van der Waals surface area contributed by atoms with Gasteiger partial charge in [0.1, 0.15) is 5.82 Å². The highest BCUT2D eigenvalue weighted by Crippen LogP contribution is 2.21. The van der Waals surface area contributed by atoms with Crippen LogP contribution in [0.2, 0.25) is 5.02 Å². The summed E-state index contributed by atoms with van der Waals surface area (Å²) in [7, 11) is 0. The lowest BCUT2D eigenvalue weighted by molar-refractivity contribution is 0.628. The van der Waals surface area contributed by atoms with Gasteiger partial charge in [0.05, 0.1) is 10.7 Å². The molecule has 0 aliphatic heterocycles. The number of nitrogen functional groups attached to an aromatic ring is 1. The van der Waals surface area contributed by atoms with E-state index in [9.17, 15) is 4.39 Å². The second-order valence-electron chi connectivity index (χ2n) is 3.89. The van der Waals surface area contributed by atoms with Gasteiger partial charge in [-0.15, -0.1) is 0 Å². The van der Waals surface area contributed by atoms with Gasteiger partial charge < -0.3 is 11.1 Å². The molecule has 3 N–H and O–H groups in total. The van der Waals surface area contributed by atoms with E-state index in [1.165, 1.54) is 18.3 Å². The van der Waals surface area contributed by atoms with Crippen LogP contribution in [0.4, 0.5) is 15.8 Å². The Labute approximate surface area is 115 Å². The molecule has 0 fully saturated rings. The third kappa shape index (κ3) is 3.17. The lowest BCUT2D eigenvalue weighted by Crippen LogP contribution is -1.94. The molecule has 5 heteroatoms. The Hall–Kier alpha value is -2.20. The summed E-state index contributed by atoms with van der Waals surface area (Å²) in [5.74, 6) is -0.506. The SMILES string of the molecule is N=Cc1cc(/C=N/c2ccc(Cl)c(F)c2)ccc1N. The van der Waals surface area contributed by atoms with Crippen LogP contribution in [-0.4, -0.2) is 12.4 Å². The van der Waals surface area contributed by atoms with Gasteiger partial charge in [0.15, 0.2) is 0 Å². The van der Waals surface area contributed by atoms with Gasteiger partial charge in [0.25, 0.3) is 0 Å². The Morgan fingerprint density at radius 2 is 2.00 bits per heavy atom. The van der Waals surface area contributed by atoms with E-state index >= 15 is 0 Å². The molecule has 0 unspecified atom stereocenters. The van der Waals surface area contributed by atoms with Crippen molar-refractivity contribution in [2.45, 2.75) is 0 Å². The third-order valence-electron chi connectivity index (χ3n) is 2.53. The van der Waals surface area contributed by atoms with Gasteiger partial charge in [-0.05, 0) is 29.8 Å². The first-order valence-electron chi connectivity index (χ1n) is 5.49. The normalized spacial score (nSPS) is 10.8. The second kappa shape index (κ2) is 5.63. The number of nitrogens with zero attached hydrogens (tertiary/aromatic N) is 1. The molecule has 0 saturated heterocycles. The molecule has 0 aromatic heterocycles. The van der Waals surface area contributed by atoms with E-state index < -0.39 is 5.82 Å². The second-order valence-corrected chi connectivity index (χ2v) is 4.30. The van der Waals surface area contributed by atoms with Crippen LogP contribution < -0.4 is 5.73 Å². The zero-order chi connectivity index (χ0) is 13.8. The molecular weight excluding hydrogens is 265 g/mol. The minimum absolute atomic E-state index is 0.0672. The Kier molecular flexibility index (Phi) is 3.92. The van der Waals surface area contributed by atoms with E-state index in [4.69, 9.17) is 22.7 Å². The average Bonchev–Trinajstić information content (AvgIpc) is 2.41. The van der Waals surface area contributed by atoms with Crippen molar-refractivity contribution in [2.75, 3.05) is 5.73 Å². The van der Waals surface area contributed by atoms with Crippen LogP contribution in [0.15, 0.2) is 41.4 Å². The number of anilines is 1. The highest BCUT2D eigenvalue weighted by Gasteiger charge is 2.00. The Morgan fingerprint density at radius 3 is 2.68 bits per heavy atom. The number of hydrogen-bond acceptors (Lipinski definition) is 3. The van der Waals surface area contributed by atoms with Crippen molar-refractivity contribution < 1.29 is 4.39 Å². The summed E-state index contributed by atoms with van der Waals surface area (Å²) in [4.78, 5) is 4.14. The fourth-order valence-corrected chi connectivity index (χ4v) is 1.63. The fraction of sp³-hybridized carbons (Fsp3) is 0. The number of halogens is 2. The first-order chi connectivity index (χ1) is 9.10. The van der Waals surface area contributed by atoms with Crippen LogP contribution in [-0.2, 0) is 0 Å². The molecular formula is C14H11ClFN3.